The Hall–Kier alpha value is -3.85. The van der Waals surface area contributed by atoms with Crippen LogP contribution >= 0.6 is 11.6 Å². The van der Waals surface area contributed by atoms with Crippen molar-refractivity contribution in [3.8, 4) is 29.6 Å². The smallest absolute Gasteiger partial charge is 0.319 e. The Morgan fingerprint density at radius 3 is 2.98 bits per heavy atom. The fourth-order valence-electron chi connectivity index (χ4n) is 7.35. The van der Waals surface area contributed by atoms with Gasteiger partial charge in [0, 0.05) is 48.3 Å². The van der Waals surface area contributed by atoms with Crippen molar-refractivity contribution in [2.24, 2.45) is 5.92 Å². The molecule has 4 aromatic rings. The van der Waals surface area contributed by atoms with Gasteiger partial charge in [0.05, 0.1) is 49.2 Å². The molecule has 0 amide bonds. The summed E-state index contributed by atoms with van der Waals surface area (Å²) in [6, 6.07) is 5.22. The van der Waals surface area contributed by atoms with E-state index in [1.165, 1.54) is 12.3 Å². The van der Waals surface area contributed by atoms with Crippen LogP contribution in [0.25, 0.3) is 32.9 Å². The Morgan fingerprint density at radius 2 is 2.13 bits per heavy atom. The van der Waals surface area contributed by atoms with E-state index in [4.69, 9.17) is 36.0 Å². The molecule has 3 saturated heterocycles. The monoisotopic (exact) mass is 636 g/mol. The Morgan fingerprint density at radius 1 is 1.27 bits per heavy atom. The standard InChI is InChI=1S/C33H30ClF3N6O2/c1-2-20-24(36)5-4-17-10-19(38)11-21(25(17)20)28-26(34)29-22(13-39-28)31(43-8-9-44-15-23-27(37)30(23)43)41-32(40-29)45-16-33-6-3-7-42(33)14-18(35)12-33/h1,4-5,10-11,13,18,23,27,30H,3,6-9,12,14-16,38H2/t18-,23+,27+,30+,33+/m1/s1/i16D2. The van der Waals surface area contributed by atoms with Gasteiger partial charge < -0.3 is 20.1 Å². The van der Waals surface area contributed by atoms with E-state index in [-0.39, 0.29) is 59.1 Å². The Labute approximate surface area is 265 Å². The number of aromatic nitrogens is 3. The molecule has 2 aromatic heterocycles. The molecule has 0 spiro atoms. The first-order valence-corrected chi connectivity index (χ1v) is 15.3. The summed E-state index contributed by atoms with van der Waals surface area (Å²) in [7, 11) is 0. The molecule has 0 unspecified atom stereocenters. The number of halogens is 4. The minimum Gasteiger partial charge on any atom is -0.461 e. The average molecular weight is 637 g/mol. The molecule has 0 radical (unpaired) electrons. The molecule has 1 saturated carbocycles. The number of fused-ring (bicyclic) bond motifs is 4. The van der Waals surface area contributed by atoms with E-state index < -0.39 is 36.3 Å². The molecule has 2 N–H and O–H groups in total. The largest absolute Gasteiger partial charge is 0.461 e. The van der Waals surface area contributed by atoms with Crippen molar-refractivity contribution in [3.05, 3.63) is 46.9 Å². The van der Waals surface area contributed by atoms with E-state index in [2.05, 4.69) is 20.9 Å². The summed E-state index contributed by atoms with van der Waals surface area (Å²) in [4.78, 5) is 17.4. The van der Waals surface area contributed by atoms with Crippen LogP contribution in [0, 0.1) is 24.1 Å². The van der Waals surface area contributed by atoms with Gasteiger partial charge in [0.2, 0.25) is 0 Å². The van der Waals surface area contributed by atoms with Crippen LogP contribution in [0.1, 0.15) is 27.6 Å². The fourth-order valence-corrected chi connectivity index (χ4v) is 7.65. The molecule has 3 aliphatic heterocycles. The summed E-state index contributed by atoms with van der Waals surface area (Å²) >= 11 is 7.10. The van der Waals surface area contributed by atoms with Gasteiger partial charge in [0.15, 0.2) is 0 Å². The zero-order valence-corrected chi connectivity index (χ0v) is 24.8. The van der Waals surface area contributed by atoms with E-state index in [9.17, 15) is 8.78 Å². The second-order valence-electron chi connectivity index (χ2n) is 12.2. The lowest BCUT2D eigenvalue weighted by molar-refractivity contribution is 0.107. The number of terminal acetylenes is 1. The van der Waals surface area contributed by atoms with E-state index in [0.29, 0.717) is 59.9 Å². The number of rotatable bonds is 5. The zero-order chi connectivity index (χ0) is 32.8. The third-order valence-electron chi connectivity index (χ3n) is 9.52. The summed E-state index contributed by atoms with van der Waals surface area (Å²) in [5, 5.41) is 1.35. The third-order valence-corrected chi connectivity index (χ3v) is 9.88. The molecule has 1 aliphatic carbocycles. The fraction of sp³-hybridized carbons (Fsp3) is 0.424. The minimum atomic E-state index is -2.38. The number of alkyl halides is 2. The van der Waals surface area contributed by atoms with Crippen molar-refractivity contribution in [1.82, 2.24) is 19.9 Å². The van der Waals surface area contributed by atoms with Crippen molar-refractivity contribution in [2.45, 2.75) is 43.2 Å². The van der Waals surface area contributed by atoms with Gasteiger partial charge in [0.1, 0.15) is 36.1 Å². The average Bonchev–Trinajstić information content (AvgIpc) is 3.39. The van der Waals surface area contributed by atoms with Crippen LogP contribution in [-0.4, -0.2) is 83.2 Å². The molecule has 2 aromatic carbocycles. The van der Waals surface area contributed by atoms with Crippen LogP contribution in [-0.2, 0) is 4.74 Å². The molecule has 232 valence electrons. The molecular formula is C33H30ClF3N6O2. The topological polar surface area (TPSA) is 89.6 Å². The number of hydrogen-bond donors (Lipinski definition) is 1. The van der Waals surface area contributed by atoms with Crippen LogP contribution in [0.15, 0.2) is 30.5 Å². The minimum absolute atomic E-state index is 0.0116. The lowest BCUT2D eigenvalue weighted by Crippen LogP contribution is -2.43. The zero-order valence-electron chi connectivity index (χ0n) is 26.1. The van der Waals surface area contributed by atoms with Crippen molar-refractivity contribution in [2.75, 3.05) is 50.0 Å². The van der Waals surface area contributed by atoms with Crippen molar-refractivity contribution < 1.29 is 25.4 Å². The maximum absolute atomic E-state index is 15.0. The summed E-state index contributed by atoms with van der Waals surface area (Å²) in [6.45, 7) is -0.834. The van der Waals surface area contributed by atoms with Gasteiger partial charge in [-0.15, -0.1) is 6.42 Å². The predicted molar refractivity (Wildman–Crippen MR) is 166 cm³/mol. The first-order valence-electron chi connectivity index (χ1n) is 15.9. The SMILES string of the molecule is [2H]C([2H])(Oc1nc(N2CCOC[C@H]3[C@H](F)[C@H]32)c2cnc(-c3cc(N)cc4ccc(F)c(C#C)c34)c(Cl)c2n1)[C@@]12CCCN1C[C@H](F)C2. The second kappa shape index (κ2) is 10.6. The van der Waals surface area contributed by atoms with E-state index in [0.717, 1.165) is 0 Å². The Bertz CT molecular complexity index is 2000. The van der Waals surface area contributed by atoms with Gasteiger partial charge in [-0.1, -0.05) is 23.6 Å². The molecule has 8 rings (SSSR count). The molecule has 0 bridgehead atoms. The summed E-state index contributed by atoms with van der Waals surface area (Å²) in [5.41, 5.74) is 6.13. The number of nitrogen functional groups attached to an aromatic ring is 1. The van der Waals surface area contributed by atoms with Crippen molar-refractivity contribution in [3.63, 3.8) is 0 Å². The van der Waals surface area contributed by atoms with Gasteiger partial charge in [0.25, 0.3) is 0 Å². The van der Waals surface area contributed by atoms with Crippen LogP contribution in [0.3, 0.4) is 0 Å². The molecule has 12 heteroatoms. The number of nitrogens with zero attached hydrogens (tertiary/aromatic N) is 5. The number of pyridine rings is 1. The van der Waals surface area contributed by atoms with Gasteiger partial charge in [-0.2, -0.15) is 9.97 Å². The van der Waals surface area contributed by atoms with Gasteiger partial charge in [-0.3, -0.25) is 9.88 Å². The Kier molecular flexibility index (Phi) is 6.22. The third kappa shape index (κ3) is 4.56. The number of ether oxygens (including phenoxy) is 2. The lowest BCUT2D eigenvalue weighted by Gasteiger charge is -2.31. The summed E-state index contributed by atoms with van der Waals surface area (Å²) in [6.07, 6.45) is 5.95. The lowest BCUT2D eigenvalue weighted by atomic mass is 9.95. The van der Waals surface area contributed by atoms with Gasteiger partial charge in [-0.25, -0.2) is 13.2 Å². The van der Waals surface area contributed by atoms with Crippen LogP contribution in [0.4, 0.5) is 24.7 Å². The number of benzene rings is 2. The van der Waals surface area contributed by atoms with Crippen LogP contribution in [0.2, 0.25) is 5.02 Å². The maximum Gasteiger partial charge on any atom is 0.319 e. The quantitative estimate of drug-likeness (QED) is 0.232. The summed E-state index contributed by atoms with van der Waals surface area (Å²) < 4.78 is 74.4. The molecule has 4 aliphatic rings. The molecule has 45 heavy (non-hydrogen) atoms. The van der Waals surface area contributed by atoms with Crippen LogP contribution in [0.5, 0.6) is 6.01 Å². The van der Waals surface area contributed by atoms with Crippen LogP contribution < -0.4 is 15.4 Å². The van der Waals surface area contributed by atoms with Gasteiger partial charge in [-0.05, 0) is 43.0 Å². The molecule has 8 nitrogen and oxygen atoms in total. The highest BCUT2D eigenvalue weighted by Crippen LogP contribution is 2.46. The highest BCUT2D eigenvalue weighted by Gasteiger charge is 2.56. The molecular weight excluding hydrogens is 605 g/mol. The predicted octanol–water partition coefficient (Wildman–Crippen LogP) is 5.33. The maximum atomic E-state index is 15.0. The van der Waals surface area contributed by atoms with E-state index in [1.807, 2.05) is 0 Å². The highest BCUT2D eigenvalue weighted by molar-refractivity contribution is 6.38. The molecule has 4 fully saturated rings. The number of hydrogen-bond acceptors (Lipinski definition) is 8. The van der Waals surface area contributed by atoms with Crippen molar-refractivity contribution >= 4 is 44.8 Å². The second-order valence-corrected chi connectivity index (χ2v) is 12.6. The first-order chi connectivity index (χ1) is 22.5. The number of nitrogens with two attached hydrogens (primary N) is 1. The number of anilines is 2. The highest BCUT2D eigenvalue weighted by atomic mass is 35.5. The first kappa shape index (κ1) is 26.4. The molecule has 5 atom stereocenters. The molecule has 5 heterocycles. The normalized spacial score (nSPS) is 28.7. The van der Waals surface area contributed by atoms with Crippen molar-refractivity contribution in [1.29, 1.82) is 0 Å². The van der Waals surface area contributed by atoms with Gasteiger partial charge >= 0.3 is 6.01 Å². The summed E-state index contributed by atoms with van der Waals surface area (Å²) in [5.74, 6) is 1.72. The Balaban J connectivity index is 1.32. The van der Waals surface area contributed by atoms with E-state index in [1.54, 1.807) is 28.0 Å². The van der Waals surface area contributed by atoms with E-state index >= 15 is 4.39 Å².